The predicted octanol–water partition coefficient (Wildman–Crippen LogP) is 4.47. The molecule has 0 atom stereocenters. The van der Waals surface area contributed by atoms with Crippen molar-refractivity contribution < 1.29 is 18.7 Å². The van der Waals surface area contributed by atoms with Crippen LogP contribution in [-0.4, -0.2) is 19.8 Å². The third kappa shape index (κ3) is 3.03. The molecule has 0 saturated carbocycles. The fraction of sp³-hybridized carbons (Fsp3) is 0.304. The zero-order chi connectivity index (χ0) is 20.8. The molecule has 0 saturated heterocycles. The Morgan fingerprint density at radius 3 is 2.57 bits per heavy atom. The molecular weight excluding hydrogens is 406 g/mol. The van der Waals surface area contributed by atoms with Gasteiger partial charge in [-0.3, -0.25) is 0 Å². The molecule has 1 aromatic heterocycles. The molecule has 2 aromatic carbocycles. The molecule has 0 spiro atoms. The summed E-state index contributed by atoms with van der Waals surface area (Å²) >= 11 is 6.55. The number of benzene rings is 2. The Bertz CT molecular complexity index is 1220. The number of fused-ring (bicyclic) bond motifs is 5. The van der Waals surface area contributed by atoms with Crippen molar-refractivity contribution in [1.82, 2.24) is 0 Å². The zero-order valence-corrected chi connectivity index (χ0v) is 17.3. The van der Waals surface area contributed by atoms with Crippen LogP contribution < -0.4 is 15.3 Å². The second-order valence-electron chi connectivity index (χ2n) is 7.61. The van der Waals surface area contributed by atoms with Crippen molar-refractivity contribution in [3.8, 4) is 5.75 Å². The van der Waals surface area contributed by atoms with Crippen LogP contribution in [0, 0.1) is 0 Å². The van der Waals surface area contributed by atoms with Crippen LogP contribution in [0.25, 0.3) is 11.0 Å². The summed E-state index contributed by atoms with van der Waals surface area (Å²) in [5.74, 6) is 0.177. The number of carbonyl (C=O) groups excluding carboxylic acids is 1. The van der Waals surface area contributed by atoms with Crippen LogP contribution in [0.15, 0.2) is 39.5 Å². The summed E-state index contributed by atoms with van der Waals surface area (Å²) in [6.45, 7) is 0.774. The Balaban J connectivity index is 1.58. The number of hydrogen-bond acceptors (Lipinski definition) is 6. The van der Waals surface area contributed by atoms with Gasteiger partial charge in [-0.2, -0.15) is 0 Å². The molecule has 6 nitrogen and oxygen atoms in total. The molecule has 0 amide bonds. The van der Waals surface area contributed by atoms with Crippen molar-refractivity contribution in [2.24, 2.45) is 0 Å². The first-order valence-electron chi connectivity index (χ1n) is 9.93. The molecule has 1 aliphatic heterocycles. The maximum Gasteiger partial charge on any atom is 0.339 e. The average Bonchev–Trinajstić information content (AvgIpc) is 2.79. The van der Waals surface area contributed by atoms with Crippen molar-refractivity contribution in [2.75, 3.05) is 18.7 Å². The van der Waals surface area contributed by atoms with Gasteiger partial charge in [0.2, 0.25) is 0 Å². The number of nitrogens with zero attached hydrogens (tertiary/aromatic N) is 1. The third-order valence-corrected chi connectivity index (χ3v) is 6.16. The Kier molecular flexibility index (Phi) is 4.66. The number of methoxy groups -OCH3 is 1. The number of esters is 1. The number of ether oxygens (including phenoxy) is 2. The lowest BCUT2D eigenvalue weighted by Crippen LogP contribution is -2.32. The van der Waals surface area contributed by atoms with E-state index in [2.05, 4.69) is 0 Å². The lowest BCUT2D eigenvalue weighted by atomic mass is 9.90. The van der Waals surface area contributed by atoms with E-state index >= 15 is 0 Å². The van der Waals surface area contributed by atoms with Crippen molar-refractivity contribution in [3.05, 3.63) is 68.0 Å². The van der Waals surface area contributed by atoms with Gasteiger partial charge in [0.05, 0.1) is 29.8 Å². The summed E-state index contributed by atoms with van der Waals surface area (Å²) in [7, 11) is 1.35. The number of anilines is 1. The molecule has 5 rings (SSSR count). The fourth-order valence-electron chi connectivity index (χ4n) is 4.36. The highest BCUT2D eigenvalue weighted by Crippen LogP contribution is 2.41. The zero-order valence-electron chi connectivity index (χ0n) is 16.5. The molecule has 0 bridgehead atoms. The Hall–Kier alpha value is -2.99. The van der Waals surface area contributed by atoms with E-state index in [1.54, 1.807) is 12.1 Å². The van der Waals surface area contributed by atoms with Gasteiger partial charge in [-0.05, 0) is 61.6 Å². The summed E-state index contributed by atoms with van der Waals surface area (Å²) in [6.07, 6.45) is 3.65. The first kappa shape index (κ1) is 19.0. The number of aryl methyl sites for hydroxylation is 1. The van der Waals surface area contributed by atoms with E-state index in [1.165, 1.54) is 7.11 Å². The number of halogens is 1. The van der Waals surface area contributed by atoms with Crippen molar-refractivity contribution in [2.45, 2.75) is 32.2 Å². The standard InChI is InChI=1S/C23H20ClNO5/c1-28-22(26)13-6-8-14(9-7-13)25-11-18-20-17(10-19(24)21(18)29-12-25)15-4-2-3-5-16(15)23(27)30-20/h6-10H,2-5,11-12H2,1H3. The summed E-state index contributed by atoms with van der Waals surface area (Å²) < 4.78 is 16.5. The summed E-state index contributed by atoms with van der Waals surface area (Å²) in [5.41, 5.74) is 4.24. The van der Waals surface area contributed by atoms with Gasteiger partial charge in [-0.25, -0.2) is 9.59 Å². The van der Waals surface area contributed by atoms with Crippen molar-refractivity contribution >= 4 is 34.2 Å². The van der Waals surface area contributed by atoms with E-state index in [-0.39, 0.29) is 11.6 Å². The third-order valence-electron chi connectivity index (χ3n) is 5.88. The lowest BCUT2D eigenvalue weighted by molar-refractivity contribution is 0.0601. The summed E-state index contributed by atoms with van der Waals surface area (Å²) in [5, 5.41) is 1.43. The second kappa shape index (κ2) is 7.36. The van der Waals surface area contributed by atoms with Crippen molar-refractivity contribution in [3.63, 3.8) is 0 Å². The fourth-order valence-corrected chi connectivity index (χ4v) is 4.64. The van der Waals surface area contributed by atoms with Gasteiger partial charge in [0, 0.05) is 16.6 Å². The first-order valence-corrected chi connectivity index (χ1v) is 10.3. The van der Waals surface area contributed by atoms with Crippen LogP contribution in [0.1, 0.15) is 39.9 Å². The van der Waals surface area contributed by atoms with Crippen LogP contribution in [0.5, 0.6) is 5.75 Å². The number of hydrogen-bond donors (Lipinski definition) is 0. The van der Waals surface area contributed by atoms with Gasteiger partial charge in [-0.1, -0.05) is 11.6 Å². The van der Waals surface area contributed by atoms with Gasteiger partial charge >= 0.3 is 11.6 Å². The average molecular weight is 426 g/mol. The molecule has 0 N–H and O–H groups in total. The van der Waals surface area contributed by atoms with Gasteiger partial charge < -0.3 is 18.8 Å². The first-order chi connectivity index (χ1) is 14.6. The Morgan fingerprint density at radius 1 is 1.10 bits per heavy atom. The van der Waals surface area contributed by atoms with E-state index < -0.39 is 0 Å². The molecule has 30 heavy (non-hydrogen) atoms. The second-order valence-corrected chi connectivity index (χ2v) is 8.01. The monoisotopic (exact) mass is 425 g/mol. The van der Waals surface area contributed by atoms with Crippen LogP contribution in [-0.2, 0) is 24.1 Å². The molecule has 1 aliphatic carbocycles. The van der Waals surface area contributed by atoms with Gasteiger partial charge in [0.15, 0.2) is 6.73 Å². The highest BCUT2D eigenvalue weighted by Gasteiger charge is 2.27. The molecule has 7 heteroatoms. The van der Waals surface area contributed by atoms with Crippen LogP contribution >= 0.6 is 11.6 Å². The van der Waals surface area contributed by atoms with Gasteiger partial charge in [0.25, 0.3) is 0 Å². The molecule has 0 radical (unpaired) electrons. The SMILES string of the molecule is COC(=O)c1ccc(N2COc3c(Cl)cc4c5c(c(=O)oc4c3C2)CCCC5)cc1. The van der Waals surface area contributed by atoms with Crippen molar-refractivity contribution in [1.29, 1.82) is 0 Å². The maximum absolute atomic E-state index is 12.6. The van der Waals surface area contributed by atoms with Crippen LogP contribution in [0.4, 0.5) is 5.69 Å². The van der Waals surface area contributed by atoms with E-state index in [4.69, 9.17) is 25.5 Å². The van der Waals surface area contributed by atoms with Crippen LogP contribution in [0.2, 0.25) is 5.02 Å². The smallest absolute Gasteiger partial charge is 0.339 e. The lowest BCUT2D eigenvalue weighted by Gasteiger charge is -2.32. The molecule has 0 fully saturated rings. The molecule has 2 heterocycles. The van der Waals surface area contributed by atoms with E-state index in [9.17, 15) is 9.59 Å². The molecule has 154 valence electrons. The Labute approximate surface area is 177 Å². The quantitative estimate of drug-likeness (QED) is 0.445. The van der Waals surface area contributed by atoms with E-state index in [1.807, 2.05) is 23.1 Å². The van der Waals surface area contributed by atoms with E-state index in [0.717, 1.165) is 53.4 Å². The summed E-state index contributed by atoms with van der Waals surface area (Å²) in [4.78, 5) is 26.3. The van der Waals surface area contributed by atoms with Gasteiger partial charge in [0.1, 0.15) is 11.3 Å². The molecule has 2 aliphatic rings. The predicted molar refractivity (Wildman–Crippen MR) is 114 cm³/mol. The Morgan fingerprint density at radius 2 is 1.83 bits per heavy atom. The minimum absolute atomic E-state index is 0.263. The number of carbonyl (C=O) groups is 1. The molecule has 0 unspecified atom stereocenters. The minimum atomic E-state index is -0.383. The largest absolute Gasteiger partial charge is 0.471 e. The normalized spacial score (nSPS) is 15.3. The van der Waals surface area contributed by atoms with Crippen LogP contribution in [0.3, 0.4) is 0 Å². The number of rotatable bonds is 2. The van der Waals surface area contributed by atoms with Gasteiger partial charge in [-0.15, -0.1) is 0 Å². The van der Waals surface area contributed by atoms with E-state index in [0.29, 0.717) is 35.2 Å². The molecule has 3 aromatic rings. The highest BCUT2D eigenvalue weighted by molar-refractivity contribution is 6.33. The highest BCUT2D eigenvalue weighted by atomic mass is 35.5. The molecular formula is C23H20ClNO5. The topological polar surface area (TPSA) is 69.0 Å². The summed E-state index contributed by atoms with van der Waals surface area (Å²) in [6, 6.07) is 8.97. The minimum Gasteiger partial charge on any atom is -0.471 e. The maximum atomic E-state index is 12.6.